The number of nitrogens with zero attached hydrogens (tertiary/aromatic N) is 3. The quantitative estimate of drug-likeness (QED) is 0.401. The van der Waals surface area contributed by atoms with Gasteiger partial charge in [0.05, 0.1) is 18.6 Å². The predicted octanol–water partition coefficient (Wildman–Crippen LogP) is 3.06. The van der Waals surface area contributed by atoms with Gasteiger partial charge in [0.25, 0.3) is 5.56 Å². The number of amides is 1. The predicted molar refractivity (Wildman–Crippen MR) is 124 cm³/mol. The number of aromatic amines is 1. The molecule has 4 rings (SSSR count). The van der Waals surface area contributed by atoms with Gasteiger partial charge in [0.1, 0.15) is 11.3 Å². The molecule has 9 heteroatoms. The lowest BCUT2D eigenvalue weighted by atomic mass is 10.1. The minimum Gasteiger partial charge on any atom is -0.497 e. The average Bonchev–Trinajstić information content (AvgIpc) is 3.29. The molecule has 4 aromatic rings. The standard InChI is InChI=1S/C23H23N5O3S/c1-3-15-7-9-17(10-8-15)19-12-20-22(30)25-26-23(28(20)27-19)32-14-21(29)24-13-16-5-4-6-18(11-16)31-2/h4-12H,3,13-14H2,1-2H3,(H,24,29)(H,25,30). The van der Waals surface area contributed by atoms with Crippen LogP contribution in [-0.2, 0) is 17.8 Å². The van der Waals surface area contributed by atoms with Gasteiger partial charge in [0, 0.05) is 12.1 Å². The Morgan fingerprint density at radius 1 is 1.16 bits per heavy atom. The fourth-order valence-corrected chi connectivity index (χ4v) is 3.94. The molecule has 0 radical (unpaired) electrons. The summed E-state index contributed by atoms with van der Waals surface area (Å²) in [5.41, 5.74) is 3.81. The Balaban J connectivity index is 1.46. The number of nitrogens with one attached hydrogen (secondary N) is 2. The van der Waals surface area contributed by atoms with Crippen molar-refractivity contribution in [3.63, 3.8) is 0 Å². The molecule has 164 valence electrons. The summed E-state index contributed by atoms with van der Waals surface area (Å²) in [5.74, 6) is 0.727. The highest BCUT2D eigenvalue weighted by atomic mass is 32.2. The maximum Gasteiger partial charge on any atom is 0.290 e. The second-order valence-electron chi connectivity index (χ2n) is 7.13. The first-order chi connectivity index (χ1) is 15.6. The highest BCUT2D eigenvalue weighted by molar-refractivity contribution is 7.99. The Labute approximate surface area is 189 Å². The van der Waals surface area contributed by atoms with E-state index in [2.05, 4.69) is 27.5 Å². The van der Waals surface area contributed by atoms with E-state index in [0.29, 0.717) is 22.9 Å². The summed E-state index contributed by atoms with van der Waals surface area (Å²) in [7, 11) is 1.60. The van der Waals surface area contributed by atoms with Crippen molar-refractivity contribution in [2.75, 3.05) is 12.9 Å². The van der Waals surface area contributed by atoms with E-state index in [9.17, 15) is 9.59 Å². The molecule has 0 saturated carbocycles. The minimum absolute atomic E-state index is 0.137. The maximum atomic E-state index is 12.3. The van der Waals surface area contributed by atoms with Gasteiger partial charge in [0.15, 0.2) is 0 Å². The normalized spacial score (nSPS) is 10.9. The molecular formula is C23H23N5O3S. The molecule has 2 aromatic heterocycles. The van der Waals surface area contributed by atoms with Crippen molar-refractivity contribution in [2.45, 2.75) is 25.0 Å². The summed E-state index contributed by atoms with van der Waals surface area (Å²) in [5, 5.41) is 14.4. The van der Waals surface area contributed by atoms with Crippen LogP contribution in [0.5, 0.6) is 5.75 Å². The summed E-state index contributed by atoms with van der Waals surface area (Å²) in [4.78, 5) is 24.6. The van der Waals surface area contributed by atoms with E-state index in [4.69, 9.17) is 4.74 Å². The molecule has 8 nitrogen and oxygen atoms in total. The van der Waals surface area contributed by atoms with Crippen LogP contribution >= 0.6 is 11.8 Å². The van der Waals surface area contributed by atoms with Gasteiger partial charge in [-0.25, -0.2) is 9.61 Å². The summed E-state index contributed by atoms with van der Waals surface area (Å²) < 4.78 is 6.69. The molecule has 0 aliphatic heterocycles. The van der Waals surface area contributed by atoms with Crippen LogP contribution in [0.1, 0.15) is 18.1 Å². The second-order valence-corrected chi connectivity index (χ2v) is 8.07. The zero-order chi connectivity index (χ0) is 22.5. The molecule has 0 spiro atoms. The fourth-order valence-electron chi connectivity index (χ4n) is 3.20. The number of fused-ring (bicyclic) bond motifs is 1. The Bertz CT molecular complexity index is 1300. The van der Waals surface area contributed by atoms with Gasteiger partial charge in [-0.2, -0.15) is 5.10 Å². The molecule has 0 atom stereocenters. The van der Waals surface area contributed by atoms with Gasteiger partial charge in [-0.1, -0.05) is 55.1 Å². The van der Waals surface area contributed by atoms with Gasteiger partial charge in [0.2, 0.25) is 11.1 Å². The van der Waals surface area contributed by atoms with Crippen molar-refractivity contribution < 1.29 is 9.53 Å². The molecule has 0 aliphatic carbocycles. The molecule has 0 saturated heterocycles. The molecule has 0 unspecified atom stereocenters. The number of benzene rings is 2. The van der Waals surface area contributed by atoms with Crippen LogP contribution in [0.25, 0.3) is 16.8 Å². The van der Waals surface area contributed by atoms with Gasteiger partial charge < -0.3 is 10.1 Å². The highest BCUT2D eigenvalue weighted by Crippen LogP contribution is 2.22. The Morgan fingerprint density at radius 2 is 1.97 bits per heavy atom. The van der Waals surface area contributed by atoms with Crippen LogP contribution in [0, 0.1) is 0 Å². The number of rotatable bonds is 8. The fraction of sp³-hybridized carbons (Fsp3) is 0.217. The number of aromatic nitrogens is 4. The van der Waals surface area contributed by atoms with E-state index >= 15 is 0 Å². The van der Waals surface area contributed by atoms with Crippen molar-refractivity contribution in [3.8, 4) is 17.0 Å². The first-order valence-corrected chi connectivity index (χ1v) is 11.2. The number of aryl methyl sites for hydroxylation is 1. The van der Waals surface area contributed by atoms with E-state index < -0.39 is 0 Å². The van der Waals surface area contributed by atoms with Crippen molar-refractivity contribution in [1.29, 1.82) is 0 Å². The van der Waals surface area contributed by atoms with Crippen LogP contribution in [0.15, 0.2) is 64.5 Å². The van der Waals surface area contributed by atoms with Crippen LogP contribution in [-0.4, -0.2) is 38.6 Å². The van der Waals surface area contributed by atoms with Crippen LogP contribution in [0.3, 0.4) is 0 Å². The Kier molecular flexibility index (Phi) is 6.55. The van der Waals surface area contributed by atoms with E-state index in [-0.39, 0.29) is 17.2 Å². The monoisotopic (exact) mass is 449 g/mol. The number of ether oxygens (including phenoxy) is 1. The smallest absolute Gasteiger partial charge is 0.290 e. The largest absolute Gasteiger partial charge is 0.497 e. The first kappa shape index (κ1) is 21.6. The van der Waals surface area contributed by atoms with Crippen LogP contribution in [0.2, 0.25) is 0 Å². The molecule has 32 heavy (non-hydrogen) atoms. The number of thioether (sulfide) groups is 1. The molecular weight excluding hydrogens is 426 g/mol. The molecule has 0 bridgehead atoms. The number of hydrogen-bond donors (Lipinski definition) is 2. The molecule has 1 amide bonds. The molecule has 2 aromatic carbocycles. The lowest BCUT2D eigenvalue weighted by Crippen LogP contribution is -2.25. The Hall–Kier alpha value is -3.59. The molecule has 2 N–H and O–H groups in total. The minimum atomic E-state index is -0.333. The third-order valence-corrected chi connectivity index (χ3v) is 5.92. The third-order valence-electron chi connectivity index (χ3n) is 4.99. The van der Waals surface area contributed by atoms with Gasteiger partial charge in [-0.15, -0.1) is 5.10 Å². The summed E-state index contributed by atoms with van der Waals surface area (Å²) in [6, 6.07) is 17.3. The summed E-state index contributed by atoms with van der Waals surface area (Å²) in [6.07, 6.45) is 0.954. The molecule has 2 heterocycles. The number of hydrogen-bond acceptors (Lipinski definition) is 6. The zero-order valence-corrected chi connectivity index (χ0v) is 18.6. The maximum absolute atomic E-state index is 12.3. The van der Waals surface area contributed by atoms with Gasteiger partial charge >= 0.3 is 0 Å². The Morgan fingerprint density at radius 3 is 2.72 bits per heavy atom. The van der Waals surface area contributed by atoms with Crippen molar-refractivity contribution >= 4 is 23.2 Å². The van der Waals surface area contributed by atoms with Crippen LogP contribution in [0.4, 0.5) is 0 Å². The van der Waals surface area contributed by atoms with Gasteiger partial charge in [-0.05, 0) is 35.7 Å². The second kappa shape index (κ2) is 9.69. The highest BCUT2D eigenvalue weighted by Gasteiger charge is 2.14. The van der Waals surface area contributed by atoms with E-state index in [1.807, 2.05) is 48.5 Å². The summed E-state index contributed by atoms with van der Waals surface area (Å²) >= 11 is 1.21. The van der Waals surface area contributed by atoms with E-state index in [1.54, 1.807) is 13.2 Å². The first-order valence-electron chi connectivity index (χ1n) is 10.2. The van der Waals surface area contributed by atoms with E-state index in [0.717, 1.165) is 23.3 Å². The molecule has 0 aliphatic rings. The SMILES string of the molecule is CCc1ccc(-c2cc3c(=O)[nH]nc(SCC(=O)NCc4cccc(OC)c4)n3n2)cc1. The lowest BCUT2D eigenvalue weighted by molar-refractivity contribution is -0.118. The van der Waals surface area contributed by atoms with Crippen LogP contribution < -0.4 is 15.6 Å². The third kappa shape index (κ3) is 4.83. The van der Waals surface area contributed by atoms with E-state index in [1.165, 1.54) is 21.8 Å². The van der Waals surface area contributed by atoms with Crippen molar-refractivity contribution in [3.05, 3.63) is 76.1 Å². The average molecular weight is 450 g/mol. The van der Waals surface area contributed by atoms with Gasteiger partial charge in [-0.3, -0.25) is 9.59 Å². The topological polar surface area (TPSA) is 101 Å². The zero-order valence-electron chi connectivity index (χ0n) is 17.8. The lowest BCUT2D eigenvalue weighted by Gasteiger charge is -2.07. The number of carbonyl (C=O) groups excluding carboxylic acids is 1. The van der Waals surface area contributed by atoms with Crippen molar-refractivity contribution in [2.24, 2.45) is 0 Å². The number of carbonyl (C=O) groups is 1. The summed E-state index contributed by atoms with van der Waals surface area (Å²) in [6.45, 7) is 2.49. The van der Waals surface area contributed by atoms with Crippen molar-refractivity contribution in [1.82, 2.24) is 25.1 Å². The number of methoxy groups -OCH3 is 1. The molecule has 0 fully saturated rings. The number of H-pyrrole nitrogens is 1.